The summed E-state index contributed by atoms with van der Waals surface area (Å²) >= 11 is 2.02. The number of benzene rings is 1. The van der Waals surface area contributed by atoms with Crippen LogP contribution in [0.25, 0.3) is 11.0 Å². The standard InChI is InChI=1S/C13H17N3S/c1-9-4-5-11-12(7-9)16(13(14)15-11)10-3-2-6-17-8-10/h4-5,7,10H,2-3,6,8H2,1H3,(H2,14,15). The third-order valence-electron chi connectivity index (χ3n) is 3.37. The van der Waals surface area contributed by atoms with Crippen LogP contribution in [0.1, 0.15) is 24.4 Å². The van der Waals surface area contributed by atoms with Gasteiger partial charge in [0.1, 0.15) is 0 Å². The van der Waals surface area contributed by atoms with Crippen molar-refractivity contribution in [2.75, 3.05) is 17.2 Å². The average molecular weight is 247 g/mol. The fraction of sp³-hybridized carbons (Fsp3) is 0.462. The van der Waals surface area contributed by atoms with Crippen molar-refractivity contribution in [1.29, 1.82) is 0 Å². The van der Waals surface area contributed by atoms with E-state index in [0.717, 1.165) is 11.3 Å². The summed E-state index contributed by atoms with van der Waals surface area (Å²) in [6, 6.07) is 6.86. The molecule has 2 aromatic rings. The van der Waals surface area contributed by atoms with Crippen molar-refractivity contribution in [1.82, 2.24) is 9.55 Å². The third kappa shape index (κ3) is 1.90. The van der Waals surface area contributed by atoms with Gasteiger partial charge in [-0.1, -0.05) is 6.07 Å². The second-order valence-electron chi connectivity index (χ2n) is 4.70. The lowest BCUT2D eigenvalue weighted by Crippen LogP contribution is -2.17. The number of fused-ring (bicyclic) bond motifs is 1. The van der Waals surface area contributed by atoms with Crippen LogP contribution in [0.4, 0.5) is 5.95 Å². The first-order chi connectivity index (χ1) is 8.25. The Morgan fingerprint density at radius 1 is 1.47 bits per heavy atom. The van der Waals surface area contributed by atoms with Crippen LogP contribution in [0.3, 0.4) is 0 Å². The molecule has 90 valence electrons. The summed E-state index contributed by atoms with van der Waals surface area (Å²) in [5.74, 6) is 3.10. The van der Waals surface area contributed by atoms with E-state index in [1.165, 1.54) is 29.7 Å². The molecule has 1 aliphatic heterocycles. The van der Waals surface area contributed by atoms with Crippen molar-refractivity contribution in [2.45, 2.75) is 25.8 Å². The van der Waals surface area contributed by atoms with Crippen LogP contribution >= 0.6 is 11.8 Å². The highest BCUT2D eigenvalue weighted by molar-refractivity contribution is 7.99. The van der Waals surface area contributed by atoms with Gasteiger partial charge in [-0.3, -0.25) is 0 Å². The number of anilines is 1. The van der Waals surface area contributed by atoms with Gasteiger partial charge >= 0.3 is 0 Å². The number of aryl methyl sites for hydroxylation is 1. The number of rotatable bonds is 1. The zero-order chi connectivity index (χ0) is 11.8. The maximum Gasteiger partial charge on any atom is 0.201 e. The average Bonchev–Trinajstić information content (AvgIpc) is 2.65. The van der Waals surface area contributed by atoms with Crippen molar-refractivity contribution < 1.29 is 0 Å². The quantitative estimate of drug-likeness (QED) is 0.842. The van der Waals surface area contributed by atoms with Gasteiger partial charge in [0.15, 0.2) is 0 Å². The highest BCUT2D eigenvalue weighted by Gasteiger charge is 2.20. The van der Waals surface area contributed by atoms with Crippen LogP contribution < -0.4 is 5.73 Å². The van der Waals surface area contributed by atoms with E-state index in [1.54, 1.807) is 0 Å². The molecule has 0 aliphatic carbocycles. The number of imidazole rings is 1. The van der Waals surface area contributed by atoms with Gasteiger partial charge in [0.2, 0.25) is 5.95 Å². The summed E-state index contributed by atoms with van der Waals surface area (Å²) in [7, 11) is 0. The molecule has 1 aliphatic rings. The number of nitrogen functional groups attached to an aromatic ring is 1. The molecule has 0 radical (unpaired) electrons. The Hall–Kier alpha value is -1.16. The van der Waals surface area contributed by atoms with Gasteiger partial charge in [-0.25, -0.2) is 4.98 Å². The molecule has 0 saturated carbocycles. The molecule has 1 aromatic heterocycles. The zero-order valence-electron chi connectivity index (χ0n) is 10.0. The summed E-state index contributed by atoms with van der Waals surface area (Å²) in [6.45, 7) is 2.11. The minimum absolute atomic E-state index is 0.514. The minimum Gasteiger partial charge on any atom is -0.369 e. The molecule has 0 amide bonds. The molecule has 3 nitrogen and oxygen atoms in total. The zero-order valence-corrected chi connectivity index (χ0v) is 10.8. The Morgan fingerprint density at radius 3 is 3.12 bits per heavy atom. The van der Waals surface area contributed by atoms with E-state index >= 15 is 0 Å². The SMILES string of the molecule is Cc1ccc2nc(N)n(C3CCCSC3)c2c1. The number of hydrogen-bond donors (Lipinski definition) is 1. The molecule has 0 bridgehead atoms. The molecular formula is C13H17N3S. The van der Waals surface area contributed by atoms with Crippen LogP contribution in [0, 0.1) is 6.92 Å². The monoisotopic (exact) mass is 247 g/mol. The van der Waals surface area contributed by atoms with Crippen molar-refractivity contribution in [3.05, 3.63) is 23.8 Å². The van der Waals surface area contributed by atoms with Gasteiger partial charge in [-0.15, -0.1) is 0 Å². The number of aromatic nitrogens is 2. The van der Waals surface area contributed by atoms with Crippen LogP contribution in [0.2, 0.25) is 0 Å². The molecule has 1 atom stereocenters. The number of thioether (sulfide) groups is 1. The Kier molecular flexibility index (Phi) is 2.74. The smallest absolute Gasteiger partial charge is 0.201 e. The molecule has 1 saturated heterocycles. The first-order valence-electron chi connectivity index (χ1n) is 6.07. The van der Waals surface area contributed by atoms with E-state index in [9.17, 15) is 0 Å². The molecule has 1 aromatic carbocycles. The summed E-state index contributed by atoms with van der Waals surface area (Å²) in [5.41, 5.74) is 9.55. The number of nitrogens with zero attached hydrogens (tertiary/aromatic N) is 2. The molecule has 0 spiro atoms. The van der Waals surface area contributed by atoms with Crippen LogP contribution in [-0.2, 0) is 0 Å². The van der Waals surface area contributed by atoms with Gasteiger partial charge in [0, 0.05) is 11.8 Å². The lowest BCUT2D eigenvalue weighted by Gasteiger charge is -2.24. The summed E-state index contributed by atoms with van der Waals surface area (Å²) < 4.78 is 2.23. The fourth-order valence-corrected chi connectivity index (χ4v) is 3.66. The van der Waals surface area contributed by atoms with Gasteiger partial charge in [-0.2, -0.15) is 11.8 Å². The Balaban J connectivity index is 2.13. The predicted octanol–water partition coefficient (Wildman–Crippen LogP) is 3.00. The van der Waals surface area contributed by atoms with Gasteiger partial charge in [-0.05, 0) is 43.2 Å². The van der Waals surface area contributed by atoms with Crippen molar-refractivity contribution in [3.63, 3.8) is 0 Å². The van der Waals surface area contributed by atoms with Crippen molar-refractivity contribution in [3.8, 4) is 0 Å². The fourth-order valence-electron chi connectivity index (χ4n) is 2.53. The maximum absolute atomic E-state index is 6.08. The van der Waals surface area contributed by atoms with Crippen LogP contribution in [0.15, 0.2) is 18.2 Å². The van der Waals surface area contributed by atoms with Gasteiger partial charge < -0.3 is 10.3 Å². The predicted molar refractivity (Wildman–Crippen MR) is 74.5 cm³/mol. The molecule has 4 heteroatoms. The first-order valence-corrected chi connectivity index (χ1v) is 7.23. The Morgan fingerprint density at radius 2 is 2.35 bits per heavy atom. The highest BCUT2D eigenvalue weighted by atomic mass is 32.2. The van der Waals surface area contributed by atoms with Crippen molar-refractivity contribution >= 4 is 28.7 Å². The Bertz CT molecular complexity index is 541. The molecule has 3 rings (SSSR count). The summed E-state index contributed by atoms with van der Waals surface area (Å²) in [4.78, 5) is 4.46. The van der Waals surface area contributed by atoms with Gasteiger partial charge in [0.25, 0.3) is 0 Å². The normalized spacial score (nSPS) is 20.9. The highest BCUT2D eigenvalue weighted by Crippen LogP contribution is 2.32. The molecule has 17 heavy (non-hydrogen) atoms. The molecule has 2 heterocycles. The summed E-state index contributed by atoms with van der Waals surface area (Å²) in [6.07, 6.45) is 2.50. The van der Waals surface area contributed by atoms with Crippen LogP contribution in [-0.4, -0.2) is 21.1 Å². The van der Waals surface area contributed by atoms with E-state index in [2.05, 4.69) is 34.7 Å². The third-order valence-corrected chi connectivity index (χ3v) is 4.57. The number of nitrogens with two attached hydrogens (primary N) is 1. The molecule has 1 unspecified atom stereocenters. The molecular weight excluding hydrogens is 230 g/mol. The topological polar surface area (TPSA) is 43.8 Å². The van der Waals surface area contributed by atoms with E-state index in [4.69, 9.17) is 5.73 Å². The van der Waals surface area contributed by atoms with Crippen LogP contribution in [0.5, 0.6) is 0 Å². The lowest BCUT2D eigenvalue weighted by molar-refractivity contribution is 0.517. The summed E-state index contributed by atoms with van der Waals surface area (Å²) in [5, 5.41) is 0. The second kappa shape index (κ2) is 4.26. The molecule has 1 fully saturated rings. The number of hydrogen-bond acceptors (Lipinski definition) is 3. The van der Waals surface area contributed by atoms with E-state index in [1.807, 2.05) is 11.8 Å². The van der Waals surface area contributed by atoms with E-state index in [0.29, 0.717) is 12.0 Å². The largest absolute Gasteiger partial charge is 0.369 e. The molecule has 2 N–H and O–H groups in total. The van der Waals surface area contributed by atoms with Gasteiger partial charge in [0.05, 0.1) is 11.0 Å². The lowest BCUT2D eigenvalue weighted by atomic mass is 10.1. The Labute approximate surface area is 105 Å². The van der Waals surface area contributed by atoms with E-state index < -0.39 is 0 Å². The van der Waals surface area contributed by atoms with E-state index in [-0.39, 0.29) is 0 Å². The minimum atomic E-state index is 0.514. The maximum atomic E-state index is 6.08. The second-order valence-corrected chi connectivity index (χ2v) is 5.85. The van der Waals surface area contributed by atoms with Crippen molar-refractivity contribution in [2.24, 2.45) is 0 Å². The first kappa shape index (κ1) is 11.0.